The molecule has 0 aromatic carbocycles. The fourth-order valence-corrected chi connectivity index (χ4v) is 3.97. The lowest BCUT2D eigenvalue weighted by Crippen LogP contribution is -2.21. The van der Waals surface area contributed by atoms with Crippen molar-refractivity contribution in [1.82, 2.24) is 25.0 Å². The Morgan fingerprint density at radius 3 is 2.78 bits per heavy atom. The number of hydrogen-bond acceptors (Lipinski definition) is 8. The summed E-state index contributed by atoms with van der Waals surface area (Å²) >= 11 is 1.57. The lowest BCUT2D eigenvalue weighted by Gasteiger charge is -2.11. The molecule has 1 aliphatic carbocycles. The van der Waals surface area contributed by atoms with E-state index in [-0.39, 0.29) is 6.04 Å². The van der Waals surface area contributed by atoms with Gasteiger partial charge in [-0.25, -0.2) is 14.6 Å². The van der Waals surface area contributed by atoms with Gasteiger partial charge >= 0.3 is 5.97 Å². The third-order valence-corrected chi connectivity index (χ3v) is 5.78. The second kappa shape index (κ2) is 8.83. The number of aliphatic hydroxyl groups is 1. The summed E-state index contributed by atoms with van der Waals surface area (Å²) in [6.07, 6.45) is 2.86. The second-order valence-corrected chi connectivity index (χ2v) is 7.89. The Morgan fingerprint density at radius 1 is 1.30 bits per heavy atom. The first-order valence-corrected chi connectivity index (χ1v) is 10.4. The number of thioether (sulfide) groups is 1. The molecule has 2 heterocycles. The van der Waals surface area contributed by atoms with E-state index in [0.29, 0.717) is 35.0 Å². The van der Waals surface area contributed by atoms with Gasteiger partial charge in [-0.3, -0.25) is 4.79 Å². The Labute approximate surface area is 162 Å². The van der Waals surface area contributed by atoms with Crippen molar-refractivity contribution in [2.45, 2.75) is 63.3 Å². The molecule has 148 valence electrons. The van der Waals surface area contributed by atoms with Crippen LogP contribution in [-0.4, -0.2) is 59.5 Å². The minimum Gasteiger partial charge on any atom is -0.481 e. The summed E-state index contributed by atoms with van der Waals surface area (Å²) in [4.78, 5) is 20.5. The Kier molecular flexibility index (Phi) is 6.48. The van der Waals surface area contributed by atoms with E-state index < -0.39 is 18.0 Å². The number of aliphatic carboxylic acids is 1. The summed E-state index contributed by atoms with van der Waals surface area (Å²) in [5.41, 5.74) is 1.17. The number of nitrogens with zero attached hydrogens (tertiary/aromatic N) is 5. The van der Waals surface area contributed by atoms with Crippen LogP contribution in [0.25, 0.3) is 11.2 Å². The van der Waals surface area contributed by atoms with Crippen LogP contribution in [0.2, 0.25) is 0 Å². The molecule has 1 saturated carbocycles. The van der Waals surface area contributed by atoms with Crippen LogP contribution in [0.15, 0.2) is 5.16 Å². The van der Waals surface area contributed by atoms with Crippen molar-refractivity contribution in [2.24, 2.45) is 5.92 Å². The number of unbranched alkanes of at least 4 members (excludes halogenated alkanes) is 1. The molecular formula is C17H26N6O3S. The van der Waals surface area contributed by atoms with E-state index in [1.54, 1.807) is 16.4 Å². The van der Waals surface area contributed by atoms with E-state index in [1.807, 2.05) is 0 Å². The van der Waals surface area contributed by atoms with Gasteiger partial charge in [-0.05, 0) is 25.7 Å². The van der Waals surface area contributed by atoms with Gasteiger partial charge in [0.15, 0.2) is 22.1 Å². The fourth-order valence-electron chi connectivity index (χ4n) is 3.28. The standard InChI is InChI=1S/C17H26N6O3S/c1-3-5-6-18-14-13-15(20-17(19-14)27-7-4-2)23(22-21-13)10-8-11(16(25)26)12(24)9-10/h10-12,24H,3-9H2,1-2H3,(H,25,26)(H,18,19,20). The molecule has 0 saturated heterocycles. The van der Waals surface area contributed by atoms with Gasteiger partial charge in [-0.2, -0.15) is 0 Å². The molecule has 10 heteroatoms. The number of aromatic nitrogens is 5. The Bertz CT molecular complexity index is 798. The summed E-state index contributed by atoms with van der Waals surface area (Å²) in [6.45, 7) is 5.01. The van der Waals surface area contributed by atoms with Crippen molar-refractivity contribution in [3.8, 4) is 0 Å². The summed E-state index contributed by atoms with van der Waals surface area (Å²) in [5.74, 6) is -0.200. The van der Waals surface area contributed by atoms with Crippen LogP contribution in [0.4, 0.5) is 5.82 Å². The van der Waals surface area contributed by atoms with Crippen molar-refractivity contribution in [3.63, 3.8) is 0 Å². The first-order valence-electron chi connectivity index (χ1n) is 9.45. The maximum atomic E-state index is 11.3. The highest BCUT2D eigenvalue weighted by Crippen LogP contribution is 2.36. The average Bonchev–Trinajstić information content (AvgIpc) is 3.23. The zero-order valence-electron chi connectivity index (χ0n) is 15.6. The normalized spacial score (nSPS) is 22.4. The van der Waals surface area contributed by atoms with Crippen LogP contribution < -0.4 is 5.32 Å². The quantitative estimate of drug-likeness (QED) is 0.334. The monoisotopic (exact) mass is 394 g/mol. The number of anilines is 1. The van der Waals surface area contributed by atoms with Crippen LogP contribution in [0.5, 0.6) is 0 Å². The largest absolute Gasteiger partial charge is 0.481 e. The summed E-state index contributed by atoms with van der Waals surface area (Å²) in [6, 6.07) is -0.242. The van der Waals surface area contributed by atoms with E-state index in [4.69, 9.17) is 0 Å². The predicted molar refractivity (Wildman–Crippen MR) is 103 cm³/mol. The van der Waals surface area contributed by atoms with Gasteiger partial charge in [0, 0.05) is 12.3 Å². The fraction of sp³-hybridized carbons (Fsp3) is 0.706. The molecule has 27 heavy (non-hydrogen) atoms. The molecule has 3 rings (SSSR count). The maximum absolute atomic E-state index is 11.3. The number of carboxylic acids is 1. The van der Waals surface area contributed by atoms with Crippen LogP contribution in [0.1, 0.15) is 52.0 Å². The lowest BCUT2D eigenvalue weighted by molar-refractivity contribution is -0.144. The number of fused-ring (bicyclic) bond motifs is 1. The molecule has 0 radical (unpaired) electrons. The first-order chi connectivity index (χ1) is 13.0. The minimum absolute atomic E-state index is 0.242. The molecular weight excluding hydrogens is 368 g/mol. The van der Waals surface area contributed by atoms with E-state index in [0.717, 1.165) is 31.6 Å². The Balaban J connectivity index is 1.94. The molecule has 3 atom stereocenters. The Hall–Kier alpha value is -1.94. The zero-order valence-corrected chi connectivity index (χ0v) is 16.4. The predicted octanol–water partition coefficient (Wildman–Crippen LogP) is 2.33. The number of carboxylic acid groups (broad SMARTS) is 1. The third-order valence-electron chi connectivity index (χ3n) is 4.73. The number of carbonyl (C=O) groups is 1. The van der Waals surface area contributed by atoms with Crippen LogP contribution in [0.3, 0.4) is 0 Å². The topological polar surface area (TPSA) is 126 Å². The van der Waals surface area contributed by atoms with Crippen LogP contribution in [0, 0.1) is 5.92 Å². The zero-order chi connectivity index (χ0) is 19.4. The maximum Gasteiger partial charge on any atom is 0.309 e. The number of hydrogen-bond donors (Lipinski definition) is 3. The molecule has 1 fully saturated rings. The van der Waals surface area contributed by atoms with Crippen molar-refractivity contribution in [3.05, 3.63) is 0 Å². The van der Waals surface area contributed by atoms with Gasteiger partial charge in [0.2, 0.25) is 0 Å². The Morgan fingerprint density at radius 2 is 2.11 bits per heavy atom. The third kappa shape index (κ3) is 4.32. The van der Waals surface area contributed by atoms with Gasteiger partial charge in [-0.1, -0.05) is 37.2 Å². The highest BCUT2D eigenvalue weighted by atomic mass is 32.2. The lowest BCUT2D eigenvalue weighted by atomic mass is 10.1. The minimum atomic E-state index is -0.981. The van der Waals surface area contributed by atoms with Gasteiger partial charge in [0.25, 0.3) is 0 Å². The van der Waals surface area contributed by atoms with E-state index in [9.17, 15) is 15.0 Å². The SMILES string of the molecule is CCCCNc1nc(SCCC)nc2c1nnn2C1CC(O)C(C(=O)O)C1. The summed E-state index contributed by atoms with van der Waals surface area (Å²) in [5, 5.41) is 31.8. The molecule has 0 amide bonds. The molecule has 9 nitrogen and oxygen atoms in total. The highest BCUT2D eigenvalue weighted by molar-refractivity contribution is 7.99. The van der Waals surface area contributed by atoms with E-state index in [2.05, 4.69) is 39.4 Å². The van der Waals surface area contributed by atoms with Crippen molar-refractivity contribution in [2.75, 3.05) is 17.6 Å². The summed E-state index contributed by atoms with van der Waals surface area (Å²) < 4.78 is 1.66. The molecule has 0 spiro atoms. The molecule has 1 aliphatic rings. The summed E-state index contributed by atoms with van der Waals surface area (Å²) in [7, 11) is 0. The second-order valence-electron chi connectivity index (χ2n) is 6.83. The molecule has 0 aliphatic heterocycles. The van der Waals surface area contributed by atoms with Gasteiger partial charge in [0.1, 0.15) is 0 Å². The molecule has 3 unspecified atom stereocenters. The van der Waals surface area contributed by atoms with Crippen LogP contribution in [-0.2, 0) is 4.79 Å². The average molecular weight is 395 g/mol. The van der Waals surface area contributed by atoms with Crippen LogP contribution >= 0.6 is 11.8 Å². The first kappa shape index (κ1) is 19.8. The molecule has 0 bridgehead atoms. The molecule has 3 N–H and O–H groups in total. The van der Waals surface area contributed by atoms with Crippen molar-refractivity contribution in [1.29, 1.82) is 0 Å². The van der Waals surface area contributed by atoms with Gasteiger partial charge in [-0.15, -0.1) is 5.10 Å². The number of aliphatic hydroxyl groups excluding tert-OH is 1. The highest BCUT2D eigenvalue weighted by Gasteiger charge is 2.40. The van der Waals surface area contributed by atoms with Gasteiger partial charge < -0.3 is 15.5 Å². The smallest absolute Gasteiger partial charge is 0.309 e. The molecule has 2 aromatic heterocycles. The van der Waals surface area contributed by atoms with Crippen molar-refractivity contribution >= 4 is 34.7 Å². The van der Waals surface area contributed by atoms with E-state index in [1.165, 1.54) is 0 Å². The van der Waals surface area contributed by atoms with Gasteiger partial charge in [0.05, 0.1) is 18.1 Å². The van der Waals surface area contributed by atoms with E-state index >= 15 is 0 Å². The number of rotatable bonds is 9. The van der Waals surface area contributed by atoms with Crippen molar-refractivity contribution < 1.29 is 15.0 Å². The molecule has 2 aromatic rings. The number of nitrogens with one attached hydrogen (secondary N) is 1.